The van der Waals surface area contributed by atoms with Crippen LogP contribution in [0.25, 0.3) is 22.6 Å². The third-order valence-corrected chi connectivity index (χ3v) is 5.86. The van der Waals surface area contributed by atoms with E-state index in [4.69, 9.17) is 26.1 Å². The van der Waals surface area contributed by atoms with Crippen LogP contribution in [0, 0.1) is 6.92 Å². The van der Waals surface area contributed by atoms with Gasteiger partial charge in [-0.2, -0.15) is 0 Å². The van der Waals surface area contributed by atoms with Gasteiger partial charge in [0.05, 0.1) is 25.5 Å². The molecule has 0 radical (unpaired) electrons. The molecule has 0 spiro atoms. The Balaban J connectivity index is 1.58. The zero-order chi connectivity index (χ0) is 25.1. The van der Waals surface area contributed by atoms with Crippen LogP contribution in [0.5, 0.6) is 11.5 Å². The number of aryl methyl sites for hydroxylation is 1. The van der Waals surface area contributed by atoms with Gasteiger partial charge in [-0.05, 0) is 72.6 Å². The number of methoxy groups -OCH3 is 2. The average molecular weight is 490 g/mol. The van der Waals surface area contributed by atoms with E-state index < -0.39 is 0 Å². The standard InChI is InChI=1S/C27H27N3O4S/c1-15(2)17-9-12-23-21(13-17)28-26(34-23)18-10-11-22(32-4)20(14-18)29-27(35)30-25(31)19-8-6-7-16(3)24(19)33-5/h6-15H,1-5H3,(H2,29,30,31,35). The van der Waals surface area contributed by atoms with Crippen LogP contribution in [0.15, 0.2) is 59.0 Å². The fourth-order valence-electron chi connectivity index (χ4n) is 3.79. The zero-order valence-corrected chi connectivity index (χ0v) is 21.1. The fraction of sp³-hybridized carbons (Fsp3) is 0.222. The predicted molar refractivity (Wildman–Crippen MR) is 142 cm³/mol. The Labute approximate surface area is 209 Å². The van der Waals surface area contributed by atoms with Gasteiger partial charge in [0, 0.05) is 5.56 Å². The molecule has 0 bridgehead atoms. The number of anilines is 1. The van der Waals surface area contributed by atoms with E-state index in [-0.39, 0.29) is 11.0 Å². The van der Waals surface area contributed by atoms with Crippen molar-refractivity contribution in [2.45, 2.75) is 26.7 Å². The molecule has 8 heteroatoms. The lowest BCUT2D eigenvalue weighted by atomic mass is 10.0. The molecule has 0 aliphatic rings. The molecule has 0 fully saturated rings. The second kappa shape index (κ2) is 10.1. The Kier molecular flexibility index (Phi) is 7.02. The minimum absolute atomic E-state index is 0.119. The van der Waals surface area contributed by atoms with Gasteiger partial charge in [-0.15, -0.1) is 0 Å². The molecule has 1 heterocycles. The Morgan fingerprint density at radius 2 is 1.86 bits per heavy atom. The van der Waals surface area contributed by atoms with Crippen LogP contribution in [-0.4, -0.2) is 30.2 Å². The molecule has 3 aromatic carbocycles. The first-order valence-corrected chi connectivity index (χ1v) is 11.6. The van der Waals surface area contributed by atoms with Crippen molar-refractivity contribution in [1.82, 2.24) is 10.3 Å². The number of para-hydroxylation sites is 1. The number of benzene rings is 3. The number of carbonyl (C=O) groups is 1. The number of amides is 1. The van der Waals surface area contributed by atoms with E-state index in [0.717, 1.165) is 16.6 Å². The third-order valence-electron chi connectivity index (χ3n) is 5.66. The van der Waals surface area contributed by atoms with Crippen molar-refractivity contribution in [3.8, 4) is 23.0 Å². The number of aromatic nitrogens is 1. The van der Waals surface area contributed by atoms with Crippen LogP contribution >= 0.6 is 12.2 Å². The Bertz CT molecular complexity index is 1410. The molecule has 0 aliphatic heterocycles. The summed E-state index contributed by atoms with van der Waals surface area (Å²) >= 11 is 5.40. The van der Waals surface area contributed by atoms with Gasteiger partial charge in [-0.1, -0.05) is 32.0 Å². The molecule has 180 valence electrons. The molecular formula is C27H27N3O4S. The summed E-state index contributed by atoms with van der Waals surface area (Å²) in [5.74, 6) is 1.55. The number of nitrogens with zero attached hydrogens (tertiary/aromatic N) is 1. The van der Waals surface area contributed by atoms with E-state index in [1.165, 1.54) is 12.7 Å². The summed E-state index contributed by atoms with van der Waals surface area (Å²) in [6.45, 7) is 6.15. The van der Waals surface area contributed by atoms with Gasteiger partial charge >= 0.3 is 0 Å². The van der Waals surface area contributed by atoms with Gasteiger partial charge in [0.25, 0.3) is 5.91 Å². The number of fused-ring (bicyclic) bond motifs is 1. The lowest BCUT2D eigenvalue weighted by Gasteiger charge is -2.15. The Morgan fingerprint density at radius 3 is 2.57 bits per heavy atom. The summed E-state index contributed by atoms with van der Waals surface area (Å²) in [6, 6.07) is 16.8. The fourth-order valence-corrected chi connectivity index (χ4v) is 3.99. The molecule has 35 heavy (non-hydrogen) atoms. The quantitative estimate of drug-likeness (QED) is 0.318. The van der Waals surface area contributed by atoms with Crippen molar-refractivity contribution >= 4 is 40.0 Å². The van der Waals surface area contributed by atoms with Crippen molar-refractivity contribution in [1.29, 1.82) is 0 Å². The highest BCUT2D eigenvalue weighted by atomic mass is 32.1. The highest BCUT2D eigenvalue weighted by molar-refractivity contribution is 7.80. The number of ether oxygens (including phenoxy) is 2. The average Bonchev–Trinajstić information content (AvgIpc) is 3.27. The maximum atomic E-state index is 12.8. The lowest BCUT2D eigenvalue weighted by Crippen LogP contribution is -2.34. The molecule has 0 unspecified atom stereocenters. The summed E-state index contributed by atoms with van der Waals surface area (Å²) in [5.41, 5.74) is 5.26. The van der Waals surface area contributed by atoms with Crippen LogP contribution in [0.2, 0.25) is 0 Å². The summed E-state index contributed by atoms with van der Waals surface area (Å²) in [5, 5.41) is 5.87. The van der Waals surface area contributed by atoms with Crippen molar-refractivity contribution in [3.63, 3.8) is 0 Å². The molecule has 0 aliphatic carbocycles. The normalized spacial score (nSPS) is 10.9. The van der Waals surface area contributed by atoms with E-state index in [1.807, 2.05) is 43.3 Å². The van der Waals surface area contributed by atoms with Crippen molar-refractivity contribution < 1.29 is 18.7 Å². The number of nitrogens with one attached hydrogen (secondary N) is 2. The highest BCUT2D eigenvalue weighted by Gasteiger charge is 2.17. The first-order chi connectivity index (χ1) is 16.8. The largest absolute Gasteiger partial charge is 0.496 e. The van der Waals surface area contributed by atoms with E-state index in [9.17, 15) is 4.79 Å². The lowest BCUT2D eigenvalue weighted by molar-refractivity contribution is 0.0974. The van der Waals surface area contributed by atoms with E-state index >= 15 is 0 Å². The smallest absolute Gasteiger partial charge is 0.261 e. The minimum Gasteiger partial charge on any atom is -0.496 e. The van der Waals surface area contributed by atoms with Crippen LogP contribution in [0.1, 0.15) is 41.3 Å². The molecule has 0 saturated carbocycles. The summed E-state index contributed by atoms with van der Waals surface area (Å²) in [6.07, 6.45) is 0. The second-order valence-electron chi connectivity index (χ2n) is 8.38. The molecule has 1 amide bonds. The molecule has 7 nitrogen and oxygen atoms in total. The number of hydrogen-bond donors (Lipinski definition) is 2. The second-order valence-corrected chi connectivity index (χ2v) is 8.79. The van der Waals surface area contributed by atoms with E-state index in [2.05, 4.69) is 29.5 Å². The van der Waals surface area contributed by atoms with Gasteiger partial charge in [-0.3, -0.25) is 10.1 Å². The van der Waals surface area contributed by atoms with Gasteiger partial charge in [0.1, 0.15) is 17.0 Å². The highest BCUT2D eigenvalue weighted by Crippen LogP contribution is 2.32. The van der Waals surface area contributed by atoms with Crippen LogP contribution in [-0.2, 0) is 0 Å². The molecule has 4 rings (SSSR count). The first-order valence-electron chi connectivity index (χ1n) is 11.2. The van der Waals surface area contributed by atoms with Crippen LogP contribution in [0.4, 0.5) is 5.69 Å². The maximum Gasteiger partial charge on any atom is 0.261 e. The minimum atomic E-state index is -0.377. The number of rotatable bonds is 6. The van der Waals surface area contributed by atoms with E-state index in [0.29, 0.717) is 40.1 Å². The number of thiocarbonyl (C=S) groups is 1. The SMILES string of the molecule is COc1ccc(-c2nc3cc(C(C)C)ccc3o2)cc1NC(=S)NC(=O)c1cccc(C)c1OC. The topological polar surface area (TPSA) is 85.6 Å². The molecule has 0 saturated heterocycles. The van der Waals surface area contributed by atoms with Gasteiger partial charge < -0.3 is 19.2 Å². The zero-order valence-electron chi connectivity index (χ0n) is 20.3. The maximum absolute atomic E-state index is 12.8. The van der Waals surface area contributed by atoms with E-state index in [1.54, 1.807) is 25.3 Å². The van der Waals surface area contributed by atoms with Gasteiger partial charge in [-0.25, -0.2) is 4.98 Å². The van der Waals surface area contributed by atoms with Crippen LogP contribution in [0.3, 0.4) is 0 Å². The summed E-state index contributed by atoms with van der Waals surface area (Å²) in [7, 11) is 3.09. The van der Waals surface area contributed by atoms with Gasteiger partial charge in [0.15, 0.2) is 10.7 Å². The van der Waals surface area contributed by atoms with Crippen molar-refractivity contribution in [2.75, 3.05) is 19.5 Å². The Morgan fingerprint density at radius 1 is 1.06 bits per heavy atom. The molecule has 0 atom stereocenters. The summed E-state index contributed by atoms with van der Waals surface area (Å²) in [4.78, 5) is 17.5. The number of hydrogen-bond acceptors (Lipinski definition) is 6. The molecule has 4 aromatic rings. The third kappa shape index (κ3) is 5.12. The molecular weight excluding hydrogens is 462 g/mol. The summed E-state index contributed by atoms with van der Waals surface area (Å²) < 4.78 is 16.8. The van der Waals surface area contributed by atoms with Crippen LogP contribution < -0.4 is 20.1 Å². The monoisotopic (exact) mass is 489 g/mol. The first kappa shape index (κ1) is 24.2. The molecule has 1 aromatic heterocycles. The van der Waals surface area contributed by atoms with Gasteiger partial charge in [0.2, 0.25) is 5.89 Å². The number of oxazole rings is 1. The van der Waals surface area contributed by atoms with Crippen molar-refractivity contribution in [2.24, 2.45) is 0 Å². The molecule has 2 N–H and O–H groups in total. The number of carbonyl (C=O) groups excluding carboxylic acids is 1. The predicted octanol–water partition coefficient (Wildman–Crippen LogP) is 6.07. The van der Waals surface area contributed by atoms with Crippen molar-refractivity contribution in [3.05, 3.63) is 71.3 Å². The Hall–Kier alpha value is -3.91.